The first-order valence-corrected chi connectivity index (χ1v) is 5.76. The van der Waals surface area contributed by atoms with Crippen LogP contribution >= 0.6 is 0 Å². The van der Waals surface area contributed by atoms with Crippen LogP contribution in [0.25, 0.3) is 0 Å². The number of aromatic nitrogens is 1. The van der Waals surface area contributed by atoms with Gasteiger partial charge in [0.1, 0.15) is 5.69 Å². The van der Waals surface area contributed by atoms with Crippen molar-refractivity contribution in [3.05, 3.63) is 18.3 Å². The number of carbonyl (C=O) groups is 2. The highest BCUT2D eigenvalue weighted by molar-refractivity contribution is 6.39. The Kier molecular flexibility index (Phi) is 6.31. The third kappa shape index (κ3) is 4.92. The first kappa shape index (κ1) is 14.9. The first-order chi connectivity index (χ1) is 9.19. The van der Waals surface area contributed by atoms with Crippen LogP contribution in [0.5, 0.6) is 5.88 Å². The van der Waals surface area contributed by atoms with E-state index in [9.17, 15) is 9.59 Å². The minimum Gasteiger partial charge on any atom is -0.480 e. The third-order valence-electron chi connectivity index (χ3n) is 2.23. The van der Waals surface area contributed by atoms with Gasteiger partial charge in [-0.25, -0.2) is 4.98 Å². The molecule has 0 aliphatic heterocycles. The van der Waals surface area contributed by atoms with E-state index in [-0.39, 0.29) is 5.88 Å². The largest absolute Gasteiger partial charge is 0.480 e. The molecule has 0 saturated heterocycles. The van der Waals surface area contributed by atoms with Gasteiger partial charge in [0.15, 0.2) is 0 Å². The summed E-state index contributed by atoms with van der Waals surface area (Å²) in [5, 5.41) is 4.92. The Labute approximate surface area is 111 Å². The maximum Gasteiger partial charge on any atom is 0.313 e. The van der Waals surface area contributed by atoms with E-state index in [2.05, 4.69) is 15.6 Å². The molecule has 0 radical (unpaired) electrons. The quantitative estimate of drug-likeness (QED) is 0.567. The maximum atomic E-state index is 11.6. The average Bonchev–Trinajstić information content (AvgIpc) is 2.44. The number of methoxy groups -OCH3 is 2. The van der Waals surface area contributed by atoms with Crippen molar-refractivity contribution in [3.63, 3.8) is 0 Å². The summed E-state index contributed by atoms with van der Waals surface area (Å²) in [6, 6.07) is 3.23. The predicted molar refractivity (Wildman–Crippen MR) is 68.9 cm³/mol. The van der Waals surface area contributed by atoms with Gasteiger partial charge in [0, 0.05) is 26.5 Å². The zero-order chi connectivity index (χ0) is 14.1. The molecule has 1 aromatic rings. The normalized spacial score (nSPS) is 9.79. The standard InChI is InChI=1S/C12H17N3O4/c1-18-8-4-7-13-10(16)11(17)15-9-5-3-6-14-12(9)19-2/h3,5-6H,4,7-8H2,1-2H3,(H,13,16)(H,15,17). The number of pyridine rings is 1. The van der Waals surface area contributed by atoms with Gasteiger partial charge in [-0.15, -0.1) is 0 Å². The lowest BCUT2D eigenvalue weighted by atomic mass is 10.3. The predicted octanol–water partition coefficient (Wildman–Crippen LogP) is 0.181. The molecule has 19 heavy (non-hydrogen) atoms. The Morgan fingerprint density at radius 1 is 1.32 bits per heavy atom. The van der Waals surface area contributed by atoms with Gasteiger partial charge in [-0.3, -0.25) is 9.59 Å². The van der Waals surface area contributed by atoms with Crippen molar-refractivity contribution < 1.29 is 19.1 Å². The van der Waals surface area contributed by atoms with Crippen LogP contribution < -0.4 is 15.4 Å². The number of hydrogen-bond acceptors (Lipinski definition) is 5. The molecule has 0 fully saturated rings. The molecule has 1 heterocycles. The number of anilines is 1. The van der Waals surface area contributed by atoms with Crippen molar-refractivity contribution in [1.82, 2.24) is 10.3 Å². The molecule has 1 rings (SSSR count). The number of amides is 2. The molecular formula is C12H17N3O4. The van der Waals surface area contributed by atoms with Gasteiger partial charge in [-0.1, -0.05) is 0 Å². The van der Waals surface area contributed by atoms with E-state index in [0.717, 1.165) is 0 Å². The van der Waals surface area contributed by atoms with Gasteiger partial charge in [0.05, 0.1) is 7.11 Å². The van der Waals surface area contributed by atoms with Crippen LogP contribution in [0.4, 0.5) is 5.69 Å². The summed E-state index contributed by atoms with van der Waals surface area (Å²) < 4.78 is 9.80. The number of hydrogen-bond donors (Lipinski definition) is 2. The van der Waals surface area contributed by atoms with E-state index < -0.39 is 11.8 Å². The highest BCUT2D eigenvalue weighted by Crippen LogP contribution is 2.19. The Balaban J connectivity index is 2.47. The molecule has 2 amide bonds. The molecule has 7 nitrogen and oxygen atoms in total. The summed E-state index contributed by atoms with van der Waals surface area (Å²) in [5.41, 5.74) is 0.349. The molecule has 2 N–H and O–H groups in total. The SMILES string of the molecule is COCCCNC(=O)C(=O)Nc1cccnc1OC. The minimum atomic E-state index is -0.760. The van der Waals surface area contributed by atoms with Crippen molar-refractivity contribution in [1.29, 1.82) is 0 Å². The lowest BCUT2D eigenvalue weighted by Gasteiger charge is -2.08. The first-order valence-electron chi connectivity index (χ1n) is 5.76. The molecule has 0 unspecified atom stereocenters. The van der Waals surface area contributed by atoms with Gasteiger partial charge in [-0.05, 0) is 18.6 Å². The van der Waals surface area contributed by atoms with Crippen LogP contribution in [0.2, 0.25) is 0 Å². The number of nitrogens with one attached hydrogen (secondary N) is 2. The van der Waals surface area contributed by atoms with E-state index in [1.807, 2.05) is 0 Å². The van der Waals surface area contributed by atoms with Crippen LogP contribution in [-0.2, 0) is 14.3 Å². The van der Waals surface area contributed by atoms with Crippen molar-refractivity contribution >= 4 is 17.5 Å². The minimum absolute atomic E-state index is 0.253. The van der Waals surface area contributed by atoms with E-state index in [0.29, 0.717) is 25.3 Å². The Morgan fingerprint density at radius 2 is 2.11 bits per heavy atom. The summed E-state index contributed by atoms with van der Waals surface area (Å²) in [5.74, 6) is -1.21. The van der Waals surface area contributed by atoms with Crippen LogP contribution in [0.3, 0.4) is 0 Å². The number of carbonyl (C=O) groups excluding carboxylic acids is 2. The third-order valence-corrected chi connectivity index (χ3v) is 2.23. The van der Waals surface area contributed by atoms with E-state index in [1.165, 1.54) is 13.3 Å². The fraction of sp³-hybridized carbons (Fsp3) is 0.417. The van der Waals surface area contributed by atoms with Gasteiger partial charge in [-0.2, -0.15) is 0 Å². The van der Waals surface area contributed by atoms with Crippen LogP contribution in [-0.4, -0.2) is 44.2 Å². The molecule has 104 valence electrons. The Morgan fingerprint density at radius 3 is 2.79 bits per heavy atom. The second kappa shape index (κ2) is 8.04. The van der Waals surface area contributed by atoms with Crippen molar-refractivity contribution in [2.45, 2.75) is 6.42 Å². The Hall–Kier alpha value is -2.15. The summed E-state index contributed by atoms with van der Waals surface area (Å²) in [4.78, 5) is 27.0. The van der Waals surface area contributed by atoms with E-state index in [4.69, 9.17) is 9.47 Å². The van der Waals surface area contributed by atoms with Crippen LogP contribution in [0.1, 0.15) is 6.42 Å². The maximum absolute atomic E-state index is 11.6. The molecule has 0 bridgehead atoms. The second-order valence-electron chi connectivity index (χ2n) is 3.62. The number of nitrogens with zero attached hydrogens (tertiary/aromatic N) is 1. The molecule has 0 atom stereocenters. The smallest absolute Gasteiger partial charge is 0.313 e. The Bertz CT molecular complexity index is 437. The second-order valence-corrected chi connectivity index (χ2v) is 3.62. The van der Waals surface area contributed by atoms with E-state index >= 15 is 0 Å². The monoisotopic (exact) mass is 267 g/mol. The molecule has 0 saturated carbocycles. The fourth-order valence-corrected chi connectivity index (χ4v) is 1.33. The van der Waals surface area contributed by atoms with Crippen LogP contribution in [0.15, 0.2) is 18.3 Å². The van der Waals surface area contributed by atoms with Crippen molar-refractivity contribution in [2.24, 2.45) is 0 Å². The lowest BCUT2D eigenvalue weighted by molar-refractivity contribution is -0.136. The highest BCUT2D eigenvalue weighted by Gasteiger charge is 2.15. The average molecular weight is 267 g/mol. The van der Waals surface area contributed by atoms with Gasteiger partial charge in [0.2, 0.25) is 5.88 Å². The lowest BCUT2D eigenvalue weighted by Crippen LogP contribution is -2.36. The van der Waals surface area contributed by atoms with Crippen molar-refractivity contribution in [3.8, 4) is 5.88 Å². The molecule has 1 aromatic heterocycles. The summed E-state index contributed by atoms with van der Waals surface area (Å²) in [6.45, 7) is 0.905. The zero-order valence-corrected chi connectivity index (χ0v) is 10.9. The van der Waals surface area contributed by atoms with E-state index in [1.54, 1.807) is 19.2 Å². The molecule has 0 spiro atoms. The molecule has 0 aliphatic carbocycles. The van der Waals surface area contributed by atoms with Gasteiger partial charge in [0.25, 0.3) is 0 Å². The number of rotatable bonds is 6. The molecule has 0 aromatic carbocycles. The topological polar surface area (TPSA) is 89.5 Å². The highest BCUT2D eigenvalue weighted by atomic mass is 16.5. The van der Waals surface area contributed by atoms with Crippen LogP contribution in [0, 0.1) is 0 Å². The fourth-order valence-electron chi connectivity index (χ4n) is 1.33. The zero-order valence-electron chi connectivity index (χ0n) is 10.9. The number of ether oxygens (including phenoxy) is 2. The van der Waals surface area contributed by atoms with Gasteiger partial charge >= 0.3 is 11.8 Å². The molecular weight excluding hydrogens is 250 g/mol. The molecule has 7 heteroatoms. The molecule has 0 aliphatic rings. The van der Waals surface area contributed by atoms with Crippen molar-refractivity contribution in [2.75, 3.05) is 32.7 Å². The van der Waals surface area contributed by atoms with Gasteiger partial charge < -0.3 is 20.1 Å². The summed E-state index contributed by atoms with van der Waals surface area (Å²) >= 11 is 0. The summed E-state index contributed by atoms with van der Waals surface area (Å²) in [7, 11) is 3.01. The summed E-state index contributed by atoms with van der Waals surface area (Å²) in [6.07, 6.45) is 2.17.